The molecule has 0 atom stereocenters. The Hall–Kier alpha value is -3.19. The largest absolute Gasteiger partial charge is 0.332 e. The first-order valence-electron chi connectivity index (χ1n) is 11.8. The van der Waals surface area contributed by atoms with E-state index in [4.69, 9.17) is 0 Å². The van der Waals surface area contributed by atoms with Crippen LogP contribution in [0.3, 0.4) is 0 Å². The molecule has 0 spiro atoms. The van der Waals surface area contributed by atoms with E-state index in [0.717, 1.165) is 42.5 Å². The van der Waals surface area contributed by atoms with E-state index in [1.165, 1.54) is 12.1 Å². The summed E-state index contributed by atoms with van der Waals surface area (Å²) in [4.78, 5) is 31.4. The van der Waals surface area contributed by atoms with Gasteiger partial charge in [-0.3, -0.25) is 4.79 Å². The lowest BCUT2D eigenvalue weighted by molar-refractivity contribution is -0.133. The van der Waals surface area contributed by atoms with Crippen LogP contribution in [0, 0.1) is 5.82 Å². The van der Waals surface area contributed by atoms with Crippen molar-refractivity contribution >= 4 is 29.0 Å². The zero-order chi connectivity index (χ0) is 23.8. The van der Waals surface area contributed by atoms with Crippen LogP contribution in [0.2, 0.25) is 0 Å². The van der Waals surface area contributed by atoms with Crippen LogP contribution in [-0.4, -0.2) is 34.3 Å². The maximum absolute atomic E-state index is 14.2. The quantitative estimate of drug-likeness (QED) is 0.413. The Morgan fingerprint density at radius 3 is 2.35 bits per heavy atom. The van der Waals surface area contributed by atoms with Gasteiger partial charge in [0, 0.05) is 17.5 Å². The zero-order valence-electron chi connectivity index (χ0n) is 19.2. The summed E-state index contributed by atoms with van der Waals surface area (Å²) in [6.07, 6.45) is 4.87. The number of nitrogens with one attached hydrogen (secondary N) is 1. The van der Waals surface area contributed by atoms with E-state index >= 15 is 0 Å². The first-order valence-corrected chi connectivity index (χ1v) is 12.6. The highest BCUT2D eigenvalue weighted by Crippen LogP contribution is 2.25. The molecule has 1 saturated carbocycles. The van der Waals surface area contributed by atoms with Gasteiger partial charge in [0.15, 0.2) is 0 Å². The third-order valence-electron chi connectivity index (χ3n) is 6.19. The molecule has 1 aromatic heterocycles. The molecule has 1 N–H and O–H groups in total. The van der Waals surface area contributed by atoms with E-state index < -0.39 is 11.8 Å². The molecule has 3 aromatic rings. The van der Waals surface area contributed by atoms with Crippen molar-refractivity contribution in [2.45, 2.75) is 51.2 Å². The van der Waals surface area contributed by atoms with Gasteiger partial charge in [0.1, 0.15) is 12.4 Å². The molecule has 0 aliphatic heterocycles. The number of urea groups is 1. The van der Waals surface area contributed by atoms with Gasteiger partial charge in [-0.2, -0.15) is 0 Å². The Kier molecular flexibility index (Phi) is 8.31. The zero-order valence-corrected chi connectivity index (χ0v) is 20.0. The van der Waals surface area contributed by atoms with E-state index in [0.29, 0.717) is 13.1 Å². The second-order valence-corrected chi connectivity index (χ2v) is 9.68. The number of anilines is 1. The van der Waals surface area contributed by atoms with Gasteiger partial charge in [-0.25, -0.2) is 9.18 Å². The van der Waals surface area contributed by atoms with Crippen molar-refractivity contribution in [1.29, 1.82) is 0 Å². The average molecular weight is 480 g/mol. The normalized spacial score (nSPS) is 13.9. The summed E-state index contributed by atoms with van der Waals surface area (Å²) in [5.41, 5.74) is 1.16. The van der Waals surface area contributed by atoms with Crippen molar-refractivity contribution in [1.82, 2.24) is 9.80 Å². The second-order valence-electron chi connectivity index (χ2n) is 8.64. The molecule has 7 heteroatoms. The smallest absolute Gasteiger partial charge is 0.322 e. The molecule has 2 aromatic carbocycles. The molecule has 0 saturated heterocycles. The molecule has 1 aliphatic carbocycles. The number of carbonyl (C=O) groups is 2. The van der Waals surface area contributed by atoms with E-state index in [1.54, 1.807) is 33.3 Å². The van der Waals surface area contributed by atoms with Gasteiger partial charge in [-0.15, -0.1) is 11.3 Å². The van der Waals surface area contributed by atoms with Gasteiger partial charge >= 0.3 is 6.03 Å². The number of amides is 3. The highest BCUT2D eigenvalue weighted by molar-refractivity contribution is 7.09. The summed E-state index contributed by atoms with van der Waals surface area (Å²) in [7, 11) is 0. The first kappa shape index (κ1) is 24.0. The van der Waals surface area contributed by atoms with Gasteiger partial charge in [-0.1, -0.05) is 67.8 Å². The lowest BCUT2D eigenvalue weighted by atomic mass is 9.94. The number of thiophene rings is 1. The third kappa shape index (κ3) is 6.44. The molecular formula is C27H30FN3O2S. The molecule has 0 bridgehead atoms. The fourth-order valence-electron chi connectivity index (χ4n) is 4.38. The fraction of sp³-hybridized carbons (Fsp3) is 0.333. The van der Waals surface area contributed by atoms with Gasteiger partial charge in [-0.05, 0) is 42.0 Å². The highest BCUT2D eigenvalue weighted by atomic mass is 32.1. The van der Waals surface area contributed by atoms with Gasteiger partial charge in [0.05, 0.1) is 12.2 Å². The fourth-order valence-corrected chi connectivity index (χ4v) is 5.10. The Morgan fingerprint density at radius 1 is 0.912 bits per heavy atom. The maximum atomic E-state index is 14.2. The van der Waals surface area contributed by atoms with E-state index in [2.05, 4.69) is 5.32 Å². The Morgan fingerprint density at radius 2 is 1.65 bits per heavy atom. The van der Waals surface area contributed by atoms with E-state index in [-0.39, 0.29) is 24.2 Å². The molecule has 0 unspecified atom stereocenters. The van der Waals surface area contributed by atoms with Crippen LogP contribution in [-0.2, 0) is 17.9 Å². The summed E-state index contributed by atoms with van der Waals surface area (Å²) in [6.45, 7) is 0.910. The molecule has 5 nitrogen and oxygen atoms in total. The lowest BCUT2D eigenvalue weighted by Crippen LogP contribution is -2.49. The molecule has 1 aliphatic rings. The SMILES string of the molecule is O=C(CN(C(=O)Nc1ccccc1F)C1CCCCC1)N(Cc1ccccc1)Cc1cccs1. The molecule has 1 heterocycles. The number of hydrogen-bond donors (Lipinski definition) is 1. The highest BCUT2D eigenvalue weighted by Gasteiger charge is 2.29. The van der Waals surface area contributed by atoms with Crippen LogP contribution in [0.5, 0.6) is 0 Å². The van der Waals surface area contributed by atoms with Crippen LogP contribution in [0.25, 0.3) is 0 Å². The predicted octanol–water partition coefficient (Wildman–Crippen LogP) is 6.28. The lowest BCUT2D eigenvalue weighted by Gasteiger charge is -2.35. The summed E-state index contributed by atoms with van der Waals surface area (Å²) in [5.74, 6) is -0.610. The number of nitrogens with zero attached hydrogens (tertiary/aromatic N) is 2. The monoisotopic (exact) mass is 479 g/mol. The van der Waals surface area contributed by atoms with Crippen molar-refractivity contribution in [2.75, 3.05) is 11.9 Å². The molecular weight excluding hydrogens is 449 g/mol. The van der Waals surface area contributed by atoms with E-state index in [9.17, 15) is 14.0 Å². The van der Waals surface area contributed by atoms with Crippen LogP contribution in [0.4, 0.5) is 14.9 Å². The van der Waals surface area contributed by atoms with Crippen molar-refractivity contribution in [3.63, 3.8) is 0 Å². The Bertz CT molecular complexity index is 1070. The molecule has 0 radical (unpaired) electrons. The van der Waals surface area contributed by atoms with Gasteiger partial charge in [0.2, 0.25) is 5.91 Å². The number of benzene rings is 2. The van der Waals surface area contributed by atoms with Gasteiger partial charge in [0.25, 0.3) is 0 Å². The van der Waals surface area contributed by atoms with Crippen LogP contribution >= 0.6 is 11.3 Å². The van der Waals surface area contributed by atoms with E-state index in [1.807, 2.05) is 47.8 Å². The van der Waals surface area contributed by atoms with Crippen molar-refractivity contribution < 1.29 is 14.0 Å². The van der Waals surface area contributed by atoms with Crippen molar-refractivity contribution in [3.8, 4) is 0 Å². The average Bonchev–Trinajstić information content (AvgIpc) is 3.38. The first-order chi connectivity index (χ1) is 16.6. The molecule has 4 rings (SSSR count). The third-order valence-corrected chi connectivity index (χ3v) is 7.05. The van der Waals surface area contributed by atoms with Gasteiger partial charge < -0.3 is 15.1 Å². The minimum atomic E-state index is -0.492. The summed E-state index contributed by atoms with van der Waals surface area (Å²) < 4.78 is 14.2. The molecule has 178 valence electrons. The van der Waals surface area contributed by atoms with Crippen LogP contribution in [0.15, 0.2) is 72.1 Å². The summed E-state index contributed by atoms with van der Waals surface area (Å²) >= 11 is 1.61. The number of para-hydroxylation sites is 1. The van der Waals surface area contributed by atoms with Crippen LogP contribution in [0.1, 0.15) is 42.5 Å². The standard InChI is InChI=1S/C27H30FN3O2S/c28-24-15-7-8-16-25(24)29-27(33)31(22-12-5-2-6-13-22)20-26(32)30(19-23-14-9-17-34-23)18-21-10-3-1-4-11-21/h1,3-4,7-11,14-17,22H,2,5-6,12-13,18-20H2,(H,29,33). The second kappa shape index (κ2) is 11.8. The Labute approximate surface area is 204 Å². The number of halogens is 1. The minimum absolute atomic E-state index is 0.0372. The maximum Gasteiger partial charge on any atom is 0.322 e. The topological polar surface area (TPSA) is 52.7 Å². The van der Waals surface area contributed by atoms with Crippen molar-refractivity contribution in [2.24, 2.45) is 0 Å². The Balaban J connectivity index is 1.53. The van der Waals surface area contributed by atoms with Crippen LogP contribution < -0.4 is 5.32 Å². The minimum Gasteiger partial charge on any atom is -0.332 e. The molecule has 34 heavy (non-hydrogen) atoms. The predicted molar refractivity (Wildman–Crippen MR) is 134 cm³/mol. The molecule has 1 fully saturated rings. The number of carbonyl (C=O) groups excluding carboxylic acids is 2. The molecule has 3 amide bonds. The van der Waals surface area contributed by atoms with Crippen molar-refractivity contribution in [3.05, 3.63) is 88.4 Å². The number of rotatable bonds is 8. The summed E-state index contributed by atoms with van der Waals surface area (Å²) in [5, 5.41) is 4.69. The number of hydrogen-bond acceptors (Lipinski definition) is 3. The summed E-state index contributed by atoms with van der Waals surface area (Å²) in [6, 6.07) is 19.5.